The normalized spacial score (nSPS) is 19.2. The van der Waals surface area contributed by atoms with Gasteiger partial charge in [0.05, 0.1) is 18.1 Å². The molecule has 4 rings (SSSR count). The summed E-state index contributed by atoms with van der Waals surface area (Å²) in [4.78, 5) is 18.4. The number of piperazine rings is 1. The van der Waals surface area contributed by atoms with Crippen LogP contribution in [0.15, 0.2) is 52.7 Å². The molecule has 0 radical (unpaired) electrons. The average Bonchev–Trinajstić information content (AvgIpc) is 3.32. The van der Waals surface area contributed by atoms with Crippen LogP contribution in [0.25, 0.3) is 6.08 Å². The van der Waals surface area contributed by atoms with Crippen LogP contribution in [0.4, 0.5) is 0 Å². The second-order valence-electron chi connectivity index (χ2n) is 7.60. The molecule has 0 bridgehead atoms. The molecule has 0 saturated carbocycles. The van der Waals surface area contributed by atoms with E-state index in [1.807, 2.05) is 4.90 Å². The van der Waals surface area contributed by atoms with Gasteiger partial charge in [0, 0.05) is 56.8 Å². The molecule has 7 nitrogen and oxygen atoms in total. The van der Waals surface area contributed by atoms with Gasteiger partial charge in [-0.2, -0.15) is 4.31 Å². The molecule has 0 unspecified atom stereocenters. The molecule has 1 aromatic heterocycles. The van der Waals surface area contributed by atoms with Gasteiger partial charge in [0.1, 0.15) is 0 Å². The molecular weight excluding hydrogens is 434 g/mol. The van der Waals surface area contributed by atoms with E-state index in [2.05, 4.69) is 22.4 Å². The summed E-state index contributed by atoms with van der Waals surface area (Å²) in [6.45, 7) is 5.69. The quantitative estimate of drug-likeness (QED) is 0.617. The maximum absolute atomic E-state index is 12.7. The first-order chi connectivity index (χ1) is 15.0. The number of ether oxygens (including phenoxy) is 1. The topological polar surface area (TPSA) is 70.2 Å². The molecule has 1 amide bonds. The van der Waals surface area contributed by atoms with Crippen LogP contribution in [0, 0.1) is 0 Å². The predicted octanol–water partition coefficient (Wildman–Crippen LogP) is 2.13. The number of sulfonamides is 1. The van der Waals surface area contributed by atoms with Crippen molar-refractivity contribution in [2.45, 2.75) is 11.4 Å². The second-order valence-corrected chi connectivity index (χ2v) is 10.6. The zero-order chi connectivity index (χ0) is 21.7. The number of morpholine rings is 1. The molecular formula is C22H27N3O4S2. The maximum atomic E-state index is 12.7. The Balaban J connectivity index is 1.30. The number of carbonyl (C=O) groups is 1. The van der Waals surface area contributed by atoms with Crippen molar-refractivity contribution in [1.29, 1.82) is 0 Å². The highest BCUT2D eigenvalue weighted by molar-refractivity contribution is 7.89. The lowest BCUT2D eigenvalue weighted by Gasteiger charge is -2.34. The Kier molecular flexibility index (Phi) is 7.19. The monoisotopic (exact) mass is 461 g/mol. The van der Waals surface area contributed by atoms with E-state index in [1.54, 1.807) is 47.8 Å². The van der Waals surface area contributed by atoms with Gasteiger partial charge < -0.3 is 9.64 Å². The molecule has 0 N–H and O–H groups in total. The van der Waals surface area contributed by atoms with E-state index in [1.165, 1.54) is 9.18 Å². The molecule has 0 spiro atoms. The molecule has 2 aromatic rings. The van der Waals surface area contributed by atoms with E-state index in [0.29, 0.717) is 39.4 Å². The number of nitrogens with zero attached hydrogens (tertiary/aromatic N) is 3. The van der Waals surface area contributed by atoms with Crippen LogP contribution < -0.4 is 0 Å². The Bertz CT molecular complexity index is 990. The number of rotatable bonds is 6. The number of benzene rings is 1. The van der Waals surface area contributed by atoms with E-state index < -0.39 is 10.0 Å². The summed E-state index contributed by atoms with van der Waals surface area (Å²) < 4.78 is 32.0. The Morgan fingerprint density at radius 1 is 1.00 bits per heavy atom. The summed E-state index contributed by atoms with van der Waals surface area (Å²) in [5, 5.41) is 2.09. The van der Waals surface area contributed by atoms with Crippen molar-refractivity contribution in [1.82, 2.24) is 14.1 Å². The fraction of sp³-hybridized carbons (Fsp3) is 0.409. The van der Waals surface area contributed by atoms with E-state index in [4.69, 9.17) is 4.74 Å². The minimum Gasteiger partial charge on any atom is -0.379 e. The minimum absolute atomic E-state index is 0.0132. The van der Waals surface area contributed by atoms with Crippen molar-refractivity contribution in [2.24, 2.45) is 0 Å². The van der Waals surface area contributed by atoms with Crippen LogP contribution in [0.2, 0.25) is 0 Å². The van der Waals surface area contributed by atoms with Crippen LogP contribution >= 0.6 is 11.3 Å². The van der Waals surface area contributed by atoms with Crippen molar-refractivity contribution in [3.63, 3.8) is 0 Å². The van der Waals surface area contributed by atoms with Crippen molar-refractivity contribution in [3.05, 3.63) is 58.3 Å². The number of amides is 1. The summed E-state index contributed by atoms with van der Waals surface area (Å²) in [5.41, 5.74) is 0.797. The number of hydrogen-bond acceptors (Lipinski definition) is 6. The largest absolute Gasteiger partial charge is 0.379 e. The predicted molar refractivity (Wildman–Crippen MR) is 121 cm³/mol. The lowest BCUT2D eigenvalue weighted by atomic mass is 10.2. The molecule has 0 atom stereocenters. The zero-order valence-electron chi connectivity index (χ0n) is 17.4. The van der Waals surface area contributed by atoms with Crippen LogP contribution in [0.1, 0.15) is 10.4 Å². The van der Waals surface area contributed by atoms with Gasteiger partial charge in [-0.15, -0.1) is 11.3 Å². The third kappa shape index (κ3) is 5.61. The van der Waals surface area contributed by atoms with Gasteiger partial charge in [-0.05, 0) is 35.2 Å². The van der Waals surface area contributed by atoms with Crippen LogP contribution in [-0.2, 0) is 26.1 Å². The van der Waals surface area contributed by atoms with Gasteiger partial charge in [0.15, 0.2) is 0 Å². The highest BCUT2D eigenvalue weighted by Crippen LogP contribution is 2.18. The first kappa shape index (κ1) is 22.2. The van der Waals surface area contributed by atoms with E-state index in [0.717, 1.165) is 25.2 Å². The highest BCUT2D eigenvalue weighted by Gasteiger charge is 2.26. The van der Waals surface area contributed by atoms with Crippen molar-refractivity contribution in [3.8, 4) is 0 Å². The highest BCUT2D eigenvalue weighted by atomic mass is 32.2. The fourth-order valence-corrected chi connectivity index (χ4v) is 5.86. The third-order valence-electron chi connectivity index (χ3n) is 5.55. The Labute approximate surface area is 187 Å². The summed E-state index contributed by atoms with van der Waals surface area (Å²) in [5.74, 6) is -0.0132. The van der Waals surface area contributed by atoms with E-state index in [9.17, 15) is 13.2 Å². The summed E-state index contributed by atoms with van der Waals surface area (Å²) >= 11 is 1.76. The molecule has 2 aliphatic heterocycles. The third-order valence-corrected chi connectivity index (χ3v) is 8.32. The molecule has 2 aliphatic rings. The smallest absolute Gasteiger partial charge is 0.246 e. The Hall–Kier alpha value is -2.04. The second kappa shape index (κ2) is 10.1. The zero-order valence-corrected chi connectivity index (χ0v) is 19.0. The fourth-order valence-electron chi connectivity index (χ4n) is 3.71. The first-order valence-electron chi connectivity index (χ1n) is 10.4. The van der Waals surface area contributed by atoms with Gasteiger partial charge in [0.25, 0.3) is 0 Å². The number of thiophene rings is 1. The van der Waals surface area contributed by atoms with E-state index in [-0.39, 0.29) is 10.8 Å². The molecule has 3 heterocycles. The van der Waals surface area contributed by atoms with Gasteiger partial charge >= 0.3 is 0 Å². The first-order valence-corrected chi connectivity index (χ1v) is 12.7. The Morgan fingerprint density at radius 2 is 1.71 bits per heavy atom. The minimum atomic E-state index is -3.50. The number of hydrogen-bond donors (Lipinski definition) is 0. The number of carbonyl (C=O) groups excluding carboxylic acids is 1. The standard InChI is InChI=1S/C22H27N3O4S2/c26-22(24-11-9-23(10-12-24)18-20-2-1-17-30-20)8-5-19-3-6-21(7-4-19)31(27,28)25-13-15-29-16-14-25/h1-8,17H,9-16,18H2/b8-5+. The average molecular weight is 462 g/mol. The SMILES string of the molecule is O=C(/C=C/c1ccc(S(=O)(=O)N2CCOCC2)cc1)N1CCN(Cc2cccs2)CC1. The van der Waals surface area contributed by atoms with Crippen LogP contribution in [-0.4, -0.2) is 80.9 Å². The van der Waals surface area contributed by atoms with Crippen molar-refractivity contribution < 1.29 is 17.9 Å². The lowest BCUT2D eigenvalue weighted by molar-refractivity contribution is -0.127. The van der Waals surface area contributed by atoms with Crippen molar-refractivity contribution in [2.75, 3.05) is 52.5 Å². The van der Waals surface area contributed by atoms with E-state index >= 15 is 0 Å². The van der Waals surface area contributed by atoms with Gasteiger partial charge in [-0.3, -0.25) is 9.69 Å². The molecule has 9 heteroatoms. The van der Waals surface area contributed by atoms with Crippen molar-refractivity contribution >= 4 is 33.3 Å². The molecule has 31 heavy (non-hydrogen) atoms. The molecule has 0 aliphatic carbocycles. The van der Waals surface area contributed by atoms with Gasteiger partial charge in [-0.1, -0.05) is 18.2 Å². The lowest BCUT2D eigenvalue weighted by Crippen LogP contribution is -2.47. The molecule has 166 valence electrons. The molecule has 1 aromatic carbocycles. The summed E-state index contributed by atoms with van der Waals surface area (Å²) in [6, 6.07) is 10.9. The van der Waals surface area contributed by atoms with Crippen LogP contribution in [0.5, 0.6) is 0 Å². The van der Waals surface area contributed by atoms with Gasteiger partial charge in [0.2, 0.25) is 15.9 Å². The summed E-state index contributed by atoms with van der Waals surface area (Å²) in [6.07, 6.45) is 3.31. The summed E-state index contributed by atoms with van der Waals surface area (Å²) in [7, 11) is -3.50. The molecule has 2 fully saturated rings. The van der Waals surface area contributed by atoms with Gasteiger partial charge in [-0.25, -0.2) is 8.42 Å². The Morgan fingerprint density at radius 3 is 2.35 bits per heavy atom. The maximum Gasteiger partial charge on any atom is 0.246 e. The van der Waals surface area contributed by atoms with Crippen LogP contribution in [0.3, 0.4) is 0 Å². The molecule has 2 saturated heterocycles.